The zero-order valence-corrected chi connectivity index (χ0v) is 17.1. The first-order chi connectivity index (χ1) is 14.2. The Labute approximate surface area is 172 Å². The number of hydrogen-bond donors (Lipinski definition) is 2. The lowest BCUT2D eigenvalue weighted by molar-refractivity contribution is 0.438. The quantitative estimate of drug-likeness (QED) is 0.634. The topological polar surface area (TPSA) is 66.0 Å². The Morgan fingerprint density at radius 3 is 2.55 bits per heavy atom. The van der Waals surface area contributed by atoms with Crippen molar-refractivity contribution in [3.63, 3.8) is 0 Å². The van der Waals surface area contributed by atoms with Gasteiger partial charge in [-0.25, -0.2) is 4.98 Å². The first-order valence-electron chi connectivity index (χ1n) is 10.3. The number of piperidine rings is 1. The molecule has 2 N–H and O–H groups in total. The van der Waals surface area contributed by atoms with Crippen LogP contribution in [0.15, 0.2) is 54.7 Å². The molecule has 1 aromatic carbocycles. The Balaban J connectivity index is 1.40. The fourth-order valence-corrected chi connectivity index (χ4v) is 3.55. The summed E-state index contributed by atoms with van der Waals surface area (Å²) in [6.45, 7) is 7.21. The maximum Gasteiger partial charge on any atom is 0.229 e. The predicted molar refractivity (Wildman–Crippen MR) is 119 cm³/mol. The highest BCUT2D eigenvalue weighted by Crippen LogP contribution is 2.25. The summed E-state index contributed by atoms with van der Waals surface area (Å²) in [5, 5.41) is 6.65. The molecule has 1 aliphatic heterocycles. The second kappa shape index (κ2) is 8.90. The Morgan fingerprint density at radius 2 is 1.83 bits per heavy atom. The van der Waals surface area contributed by atoms with Gasteiger partial charge in [-0.05, 0) is 62.1 Å². The van der Waals surface area contributed by atoms with E-state index in [-0.39, 0.29) is 0 Å². The van der Waals surface area contributed by atoms with Gasteiger partial charge in [0.25, 0.3) is 0 Å². The van der Waals surface area contributed by atoms with E-state index < -0.39 is 0 Å². The molecule has 1 fully saturated rings. The fraction of sp³-hybridized carbons (Fsp3) is 0.348. The Hall–Kier alpha value is -3.15. The van der Waals surface area contributed by atoms with Gasteiger partial charge in [0.05, 0.1) is 12.2 Å². The lowest BCUT2D eigenvalue weighted by atomic mass is 9.99. The third kappa shape index (κ3) is 5.22. The lowest BCUT2D eigenvalue weighted by Crippen LogP contribution is -2.32. The van der Waals surface area contributed by atoms with Crippen LogP contribution < -0.4 is 15.5 Å². The summed E-state index contributed by atoms with van der Waals surface area (Å²) in [5.41, 5.74) is 4.15. The number of benzene rings is 1. The van der Waals surface area contributed by atoms with Gasteiger partial charge < -0.3 is 15.5 Å². The van der Waals surface area contributed by atoms with Gasteiger partial charge in [-0.2, -0.15) is 4.98 Å². The molecule has 6 heteroatoms. The SMILES string of the molecule is Cc1cc(NCc2ccccn2)nc(Nc2ccc(N3CCC(C)CC3)cc2)n1. The molecule has 6 nitrogen and oxygen atoms in total. The third-order valence-corrected chi connectivity index (χ3v) is 5.30. The average Bonchev–Trinajstić information content (AvgIpc) is 2.74. The Kier molecular flexibility index (Phi) is 5.89. The summed E-state index contributed by atoms with van der Waals surface area (Å²) in [6.07, 6.45) is 4.33. The maximum atomic E-state index is 4.59. The van der Waals surface area contributed by atoms with Gasteiger partial charge in [0.1, 0.15) is 5.82 Å². The van der Waals surface area contributed by atoms with Crippen molar-refractivity contribution in [2.45, 2.75) is 33.2 Å². The Morgan fingerprint density at radius 1 is 1.03 bits per heavy atom. The highest BCUT2D eigenvalue weighted by atomic mass is 15.2. The van der Waals surface area contributed by atoms with Crippen LogP contribution in [0.3, 0.4) is 0 Å². The summed E-state index contributed by atoms with van der Waals surface area (Å²) in [5.74, 6) is 2.21. The van der Waals surface area contributed by atoms with E-state index in [0.717, 1.165) is 41.9 Å². The Bertz CT molecular complexity index is 918. The van der Waals surface area contributed by atoms with Gasteiger partial charge in [0.2, 0.25) is 5.95 Å². The van der Waals surface area contributed by atoms with Crippen molar-refractivity contribution in [2.24, 2.45) is 5.92 Å². The van der Waals surface area contributed by atoms with Crippen molar-refractivity contribution >= 4 is 23.1 Å². The summed E-state index contributed by atoms with van der Waals surface area (Å²) in [4.78, 5) is 15.9. The van der Waals surface area contributed by atoms with Gasteiger partial charge in [-0.15, -0.1) is 0 Å². The number of hydrogen-bond acceptors (Lipinski definition) is 6. The highest BCUT2D eigenvalue weighted by molar-refractivity contribution is 5.60. The molecule has 150 valence electrons. The smallest absolute Gasteiger partial charge is 0.229 e. The summed E-state index contributed by atoms with van der Waals surface area (Å²) in [7, 11) is 0. The van der Waals surface area contributed by atoms with Crippen molar-refractivity contribution in [1.82, 2.24) is 15.0 Å². The van der Waals surface area contributed by atoms with Gasteiger partial charge in [-0.1, -0.05) is 13.0 Å². The van der Waals surface area contributed by atoms with E-state index in [2.05, 4.69) is 61.7 Å². The van der Waals surface area contributed by atoms with E-state index in [1.807, 2.05) is 31.2 Å². The number of rotatable bonds is 6. The highest BCUT2D eigenvalue weighted by Gasteiger charge is 2.15. The fourth-order valence-electron chi connectivity index (χ4n) is 3.55. The third-order valence-electron chi connectivity index (χ3n) is 5.30. The van der Waals surface area contributed by atoms with Crippen molar-refractivity contribution in [3.8, 4) is 0 Å². The predicted octanol–water partition coefficient (Wildman–Crippen LogP) is 4.77. The molecule has 0 aliphatic carbocycles. The van der Waals surface area contributed by atoms with E-state index in [1.54, 1.807) is 6.20 Å². The molecule has 0 radical (unpaired) electrons. The van der Waals surface area contributed by atoms with Crippen molar-refractivity contribution < 1.29 is 0 Å². The zero-order chi connectivity index (χ0) is 20.1. The van der Waals surface area contributed by atoms with E-state index in [0.29, 0.717) is 12.5 Å². The molecule has 0 spiro atoms. The van der Waals surface area contributed by atoms with Crippen LogP contribution in [0.2, 0.25) is 0 Å². The van der Waals surface area contributed by atoms with Gasteiger partial charge in [-0.3, -0.25) is 4.98 Å². The van der Waals surface area contributed by atoms with Crippen molar-refractivity contribution in [3.05, 3.63) is 66.1 Å². The molecule has 0 bridgehead atoms. The van der Waals surface area contributed by atoms with Gasteiger partial charge in [0, 0.05) is 42.4 Å². The second-order valence-corrected chi connectivity index (χ2v) is 7.73. The number of aryl methyl sites for hydroxylation is 1. The van der Waals surface area contributed by atoms with Crippen molar-refractivity contribution in [1.29, 1.82) is 0 Å². The normalized spacial score (nSPS) is 14.6. The molecule has 29 heavy (non-hydrogen) atoms. The molecule has 0 atom stereocenters. The first-order valence-corrected chi connectivity index (χ1v) is 10.3. The van der Waals surface area contributed by atoms with Crippen LogP contribution in [0.1, 0.15) is 31.2 Å². The molecule has 0 amide bonds. The van der Waals surface area contributed by atoms with Crippen LogP contribution in [-0.2, 0) is 6.54 Å². The number of nitrogens with zero attached hydrogens (tertiary/aromatic N) is 4. The largest absolute Gasteiger partial charge is 0.372 e. The minimum Gasteiger partial charge on any atom is -0.372 e. The van der Waals surface area contributed by atoms with Gasteiger partial charge in [0.15, 0.2) is 0 Å². The van der Waals surface area contributed by atoms with Crippen LogP contribution in [-0.4, -0.2) is 28.0 Å². The summed E-state index contributed by atoms with van der Waals surface area (Å²) >= 11 is 0. The minimum atomic E-state index is 0.591. The molecule has 0 unspecified atom stereocenters. The molecule has 1 saturated heterocycles. The molecular formula is C23H28N6. The second-order valence-electron chi connectivity index (χ2n) is 7.73. The van der Waals surface area contributed by atoms with Gasteiger partial charge >= 0.3 is 0 Å². The number of pyridine rings is 1. The van der Waals surface area contributed by atoms with Crippen LogP contribution in [0.5, 0.6) is 0 Å². The average molecular weight is 389 g/mol. The van der Waals surface area contributed by atoms with E-state index in [9.17, 15) is 0 Å². The number of nitrogens with one attached hydrogen (secondary N) is 2. The summed E-state index contributed by atoms with van der Waals surface area (Å²) < 4.78 is 0. The number of aromatic nitrogens is 3. The molecular weight excluding hydrogens is 360 g/mol. The standard InChI is InChI=1S/C23H28N6/c1-17-10-13-29(14-11-17)21-8-6-19(7-9-21)27-23-26-18(2)15-22(28-23)25-16-20-5-3-4-12-24-20/h3-9,12,15,17H,10-11,13-14,16H2,1-2H3,(H2,25,26,27,28). The van der Waals surface area contributed by atoms with E-state index in [4.69, 9.17) is 0 Å². The monoisotopic (exact) mass is 388 g/mol. The first kappa shape index (κ1) is 19.2. The van der Waals surface area contributed by atoms with E-state index in [1.165, 1.54) is 18.5 Å². The van der Waals surface area contributed by atoms with Crippen molar-refractivity contribution in [2.75, 3.05) is 28.6 Å². The number of anilines is 4. The zero-order valence-electron chi connectivity index (χ0n) is 17.1. The molecule has 2 aromatic heterocycles. The minimum absolute atomic E-state index is 0.591. The van der Waals surface area contributed by atoms with E-state index >= 15 is 0 Å². The molecule has 3 heterocycles. The van der Waals surface area contributed by atoms with Crippen LogP contribution in [0.4, 0.5) is 23.1 Å². The lowest BCUT2D eigenvalue weighted by Gasteiger charge is -2.32. The van der Waals surface area contributed by atoms with Crippen LogP contribution in [0.25, 0.3) is 0 Å². The molecule has 3 aromatic rings. The molecule has 0 saturated carbocycles. The van der Waals surface area contributed by atoms with Crippen LogP contribution >= 0.6 is 0 Å². The molecule has 1 aliphatic rings. The molecule has 4 rings (SSSR count). The van der Waals surface area contributed by atoms with Crippen LogP contribution in [0, 0.1) is 12.8 Å². The summed E-state index contributed by atoms with van der Waals surface area (Å²) in [6, 6.07) is 16.4. The maximum absolute atomic E-state index is 4.59.